The lowest BCUT2D eigenvalue weighted by Gasteiger charge is -2.08. The summed E-state index contributed by atoms with van der Waals surface area (Å²) in [6.07, 6.45) is 5.61. The van der Waals surface area contributed by atoms with E-state index in [-0.39, 0.29) is 17.4 Å². The molecule has 158 valence electrons. The van der Waals surface area contributed by atoms with Crippen LogP contribution in [0.15, 0.2) is 64.6 Å². The first-order chi connectivity index (χ1) is 14.7. The molecule has 3 aromatic heterocycles. The fourth-order valence-electron chi connectivity index (χ4n) is 3.00. The van der Waals surface area contributed by atoms with Crippen LogP contribution in [0.2, 0.25) is 0 Å². The Morgan fingerprint density at radius 3 is 2.61 bits per heavy atom. The summed E-state index contributed by atoms with van der Waals surface area (Å²) in [6.45, 7) is 0.0883. The van der Waals surface area contributed by atoms with Crippen molar-refractivity contribution in [2.75, 3.05) is 6.26 Å². The van der Waals surface area contributed by atoms with E-state index < -0.39 is 15.7 Å². The molecule has 0 saturated carbocycles. The highest BCUT2D eigenvalue weighted by atomic mass is 79.9. The maximum absolute atomic E-state index is 13.2. The van der Waals surface area contributed by atoms with Gasteiger partial charge in [0, 0.05) is 24.4 Å². The second kappa shape index (κ2) is 8.16. The van der Waals surface area contributed by atoms with Gasteiger partial charge in [-0.2, -0.15) is 5.10 Å². The number of carbonyl (C=O) groups excluding carboxylic acids is 1. The van der Waals surface area contributed by atoms with Crippen molar-refractivity contribution in [3.8, 4) is 5.69 Å². The summed E-state index contributed by atoms with van der Waals surface area (Å²) in [7, 11) is -3.49. The van der Waals surface area contributed by atoms with Crippen LogP contribution in [0, 0.1) is 5.82 Å². The molecule has 0 aliphatic carbocycles. The Labute approximate surface area is 185 Å². The van der Waals surface area contributed by atoms with E-state index in [2.05, 4.69) is 36.3 Å². The molecular formula is C20H15BrFN5O3S. The number of fused-ring (bicyclic) bond motifs is 1. The summed E-state index contributed by atoms with van der Waals surface area (Å²) in [5.74, 6) is -0.759. The number of rotatable bonds is 5. The number of nitrogens with one attached hydrogen (secondary N) is 1. The average Bonchev–Trinajstić information content (AvgIpc) is 3.16. The van der Waals surface area contributed by atoms with Crippen LogP contribution in [-0.4, -0.2) is 40.3 Å². The number of nitrogens with zero attached hydrogens (tertiary/aromatic N) is 4. The van der Waals surface area contributed by atoms with Crippen LogP contribution >= 0.6 is 15.9 Å². The average molecular weight is 504 g/mol. The number of aromatic nitrogens is 4. The number of hydrogen-bond acceptors (Lipinski definition) is 6. The fraction of sp³-hybridized carbons (Fsp3) is 0.100. The van der Waals surface area contributed by atoms with Gasteiger partial charge in [-0.1, -0.05) is 0 Å². The summed E-state index contributed by atoms with van der Waals surface area (Å²) in [4.78, 5) is 20.9. The molecule has 0 saturated heterocycles. The number of benzene rings is 1. The van der Waals surface area contributed by atoms with Crippen molar-refractivity contribution in [2.24, 2.45) is 0 Å². The summed E-state index contributed by atoms with van der Waals surface area (Å²) < 4.78 is 38.7. The Morgan fingerprint density at radius 2 is 1.90 bits per heavy atom. The van der Waals surface area contributed by atoms with Crippen molar-refractivity contribution >= 4 is 42.6 Å². The molecule has 1 amide bonds. The molecule has 31 heavy (non-hydrogen) atoms. The minimum atomic E-state index is -3.49. The molecule has 0 unspecified atom stereocenters. The van der Waals surface area contributed by atoms with Crippen molar-refractivity contribution < 1.29 is 17.6 Å². The molecule has 4 aromatic rings. The molecule has 0 atom stereocenters. The van der Waals surface area contributed by atoms with Crippen molar-refractivity contribution in [1.29, 1.82) is 0 Å². The van der Waals surface area contributed by atoms with Crippen LogP contribution in [0.1, 0.15) is 15.9 Å². The smallest absolute Gasteiger partial charge is 0.253 e. The van der Waals surface area contributed by atoms with Gasteiger partial charge in [-0.25, -0.2) is 22.5 Å². The van der Waals surface area contributed by atoms with Gasteiger partial charge in [-0.05, 0) is 57.9 Å². The normalized spacial score (nSPS) is 11.6. The fourth-order valence-corrected chi connectivity index (χ4v) is 4.24. The van der Waals surface area contributed by atoms with Gasteiger partial charge in [0.1, 0.15) is 10.4 Å². The van der Waals surface area contributed by atoms with Crippen LogP contribution in [0.3, 0.4) is 0 Å². The van der Waals surface area contributed by atoms with Crippen molar-refractivity contribution in [2.45, 2.75) is 11.6 Å². The zero-order valence-corrected chi connectivity index (χ0v) is 18.5. The molecule has 3 heterocycles. The van der Waals surface area contributed by atoms with E-state index in [1.54, 1.807) is 35.3 Å². The number of sulfone groups is 1. The zero-order chi connectivity index (χ0) is 22.2. The van der Waals surface area contributed by atoms with E-state index in [1.165, 1.54) is 24.4 Å². The van der Waals surface area contributed by atoms with Crippen LogP contribution in [-0.2, 0) is 16.4 Å². The standard InChI is InChI=1S/C20H15BrFN5O3S/c1-31(29,30)19-7-12(6-18(21)26-19)8-24-20(28)16-9-23-11-17-15(16)10-25-27(17)14-4-2-13(22)3-5-14/h2-7,9-11H,8H2,1H3,(H,24,28). The first kappa shape index (κ1) is 21.1. The number of amides is 1. The molecule has 0 radical (unpaired) electrons. The summed E-state index contributed by atoms with van der Waals surface area (Å²) in [5.41, 5.74) is 2.09. The summed E-state index contributed by atoms with van der Waals surface area (Å²) in [5, 5.41) is 7.55. The highest BCUT2D eigenvalue weighted by Gasteiger charge is 2.16. The van der Waals surface area contributed by atoms with Gasteiger partial charge in [0.05, 0.1) is 29.2 Å². The van der Waals surface area contributed by atoms with Crippen LogP contribution in [0.5, 0.6) is 0 Å². The highest BCUT2D eigenvalue weighted by molar-refractivity contribution is 9.10. The number of hydrogen-bond donors (Lipinski definition) is 1. The summed E-state index contributed by atoms with van der Waals surface area (Å²) >= 11 is 3.19. The Hall–Kier alpha value is -3.18. The van der Waals surface area contributed by atoms with E-state index in [0.29, 0.717) is 32.3 Å². The molecule has 0 aliphatic heterocycles. The van der Waals surface area contributed by atoms with Crippen molar-refractivity contribution in [3.05, 3.63) is 76.5 Å². The van der Waals surface area contributed by atoms with E-state index in [4.69, 9.17) is 0 Å². The van der Waals surface area contributed by atoms with E-state index in [9.17, 15) is 17.6 Å². The first-order valence-electron chi connectivity index (χ1n) is 8.95. The lowest BCUT2D eigenvalue weighted by Crippen LogP contribution is -2.23. The van der Waals surface area contributed by atoms with Gasteiger partial charge in [-0.15, -0.1) is 0 Å². The number of pyridine rings is 2. The largest absolute Gasteiger partial charge is 0.348 e. The maximum Gasteiger partial charge on any atom is 0.253 e. The first-order valence-corrected chi connectivity index (χ1v) is 11.6. The van der Waals surface area contributed by atoms with Gasteiger partial charge < -0.3 is 5.32 Å². The Morgan fingerprint density at radius 1 is 1.16 bits per heavy atom. The van der Waals surface area contributed by atoms with Crippen LogP contribution < -0.4 is 5.32 Å². The van der Waals surface area contributed by atoms with Gasteiger partial charge in [-0.3, -0.25) is 9.78 Å². The van der Waals surface area contributed by atoms with Crippen LogP contribution in [0.25, 0.3) is 16.6 Å². The molecule has 1 aromatic carbocycles. The molecule has 0 spiro atoms. The van der Waals surface area contributed by atoms with E-state index >= 15 is 0 Å². The Balaban J connectivity index is 1.61. The second-order valence-corrected chi connectivity index (χ2v) is 9.52. The third-order valence-corrected chi connectivity index (χ3v) is 5.85. The minimum absolute atomic E-state index is 0.0875. The number of halogens is 2. The Bertz CT molecular complexity index is 1400. The van der Waals surface area contributed by atoms with Gasteiger partial charge >= 0.3 is 0 Å². The van der Waals surface area contributed by atoms with E-state index in [1.807, 2.05) is 0 Å². The monoisotopic (exact) mass is 503 g/mol. The van der Waals surface area contributed by atoms with E-state index in [0.717, 1.165) is 6.26 Å². The molecule has 0 fully saturated rings. The maximum atomic E-state index is 13.2. The van der Waals surface area contributed by atoms with Gasteiger partial charge in [0.15, 0.2) is 14.9 Å². The van der Waals surface area contributed by atoms with Crippen LogP contribution in [0.4, 0.5) is 4.39 Å². The minimum Gasteiger partial charge on any atom is -0.348 e. The predicted molar refractivity (Wildman–Crippen MR) is 115 cm³/mol. The van der Waals surface area contributed by atoms with Crippen molar-refractivity contribution in [1.82, 2.24) is 25.1 Å². The summed E-state index contributed by atoms with van der Waals surface area (Å²) in [6, 6.07) is 8.84. The topological polar surface area (TPSA) is 107 Å². The molecule has 1 N–H and O–H groups in total. The molecule has 0 bridgehead atoms. The number of carbonyl (C=O) groups is 1. The van der Waals surface area contributed by atoms with Gasteiger partial charge in [0.2, 0.25) is 0 Å². The second-order valence-electron chi connectivity index (χ2n) is 6.74. The van der Waals surface area contributed by atoms with Crippen molar-refractivity contribution in [3.63, 3.8) is 0 Å². The molecule has 0 aliphatic rings. The molecule has 11 heteroatoms. The SMILES string of the molecule is CS(=O)(=O)c1cc(CNC(=O)c2cncc3c2cnn3-c2ccc(F)cc2)cc(Br)n1. The molecule has 4 rings (SSSR count). The highest BCUT2D eigenvalue weighted by Crippen LogP contribution is 2.21. The lowest BCUT2D eigenvalue weighted by molar-refractivity contribution is 0.0952. The zero-order valence-electron chi connectivity index (χ0n) is 16.1. The van der Waals surface area contributed by atoms with Gasteiger partial charge in [0.25, 0.3) is 5.91 Å². The third-order valence-electron chi connectivity index (χ3n) is 4.48. The predicted octanol–water partition coefficient (Wildman–Crippen LogP) is 3.05. The lowest BCUT2D eigenvalue weighted by atomic mass is 10.1. The molecule has 8 nitrogen and oxygen atoms in total. The third kappa shape index (κ3) is 4.47. The Kier molecular flexibility index (Phi) is 5.54. The molecular weight excluding hydrogens is 489 g/mol. The quantitative estimate of drug-likeness (QED) is 0.419.